The molecule has 0 aliphatic carbocycles. The van der Waals surface area contributed by atoms with E-state index in [4.69, 9.17) is 27.9 Å². The van der Waals surface area contributed by atoms with Gasteiger partial charge in [0.1, 0.15) is 5.82 Å². The molecule has 2 N–H and O–H groups in total. The zero-order valence-electron chi connectivity index (χ0n) is 13.1. The molecule has 0 unspecified atom stereocenters. The van der Waals surface area contributed by atoms with E-state index < -0.39 is 0 Å². The smallest absolute Gasteiger partial charge is 0.224 e. The van der Waals surface area contributed by atoms with Crippen molar-refractivity contribution in [1.82, 2.24) is 14.9 Å². The molecule has 3 rings (SSSR count). The molecule has 1 aromatic carbocycles. The molecular weight excluding hydrogens is 349 g/mol. The van der Waals surface area contributed by atoms with E-state index in [1.807, 2.05) is 0 Å². The fourth-order valence-electron chi connectivity index (χ4n) is 2.41. The van der Waals surface area contributed by atoms with Gasteiger partial charge in [-0.1, -0.05) is 29.3 Å². The number of nitrogens with zero attached hydrogens (tertiary/aromatic N) is 3. The van der Waals surface area contributed by atoms with Crippen molar-refractivity contribution in [3.05, 3.63) is 40.5 Å². The number of ether oxygens (including phenoxy) is 1. The fraction of sp³-hybridized carbons (Fsp3) is 0.375. The van der Waals surface area contributed by atoms with Crippen LogP contribution >= 0.6 is 23.2 Å². The molecule has 1 fully saturated rings. The molecular formula is C16H19Cl2N5O. The second kappa shape index (κ2) is 8.48. The summed E-state index contributed by atoms with van der Waals surface area (Å²) < 4.78 is 5.34. The zero-order valence-corrected chi connectivity index (χ0v) is 14.6. The summed E-state index contributed by atoms with van der Waals surface area (Å²) in [5, 5.41) is 7.46. The van der Waals surface area contributed by atoms with Gasteiger partial charge in [0.05, 0.1) is 28.9 Å². The number of hydrogen-bond donors (Lipinski definition) is 2. The standard InChI is InChI=1S/C16H19Cl2N5O/c17-12-2-1-3-13(18)15(12)21-14-4-5-19-16(22-14)20-6-7-23-8-10-24-11-9-23/h1-5H,6-11H2,(H2,19,20,21,22). The molecule has 0 atom stereocenters. The Morgan fingerprint density at radius 2 is 1.88 bits per heavy atom. The van der Waals surface area contributed by atoms with Crippen LogP contribution in [0, 0.1) is 0 Å². The molecule has 0 saturated carbocycles. The quantitative estimate of drug-likeness (QED) is 0.816. The summed E-state index contributed by atoms with van der Waals surface area (Å²) in [7, 11) is 0. The highest BCUT2D eigenvalue weighted by Gasteiger charge is 2.10. The third kappa shape index (κ3) is 4.70. The van der Waals surface area contributed by atoms with Gasteiger partial charge in [0.15, 0.2) is 0 Å². The second-order valence-electron chi connectivity index (χ2n) is 5.37. The molecule has 0 bridgehead atoms. The summed E-state index contributed by atoms with van der Waals surface area (Å²) in [5.74, 6) is 1.20. The molecule has 0 amide bonds. The van der Waals surface area contributed by atoms with Crippen molar-refractivity contribution in [2.24, 2.45) is 0 Å². The highest BCUT2D eigenvalue weighted by atomic mass is 35.5. The molecule has 2 heterocycles. The maximum atomic E-state index is 6.17. The summed E-state index contributed by atoms with van der Waals surface area (Å²) in [6.07, 6.45) is 1.69. The van der Waals surface area contributed by atoms with Gasteiger partial charge in [-0.3, -0.25) is 4.90 Å². The lowest BCUT2D eigenvalue weighted by molar-refractivity contribution is 0.0398. The molecule has 1 saturated heterocycles. The van der Waals surface area contributed by atoms with E-state index in [0.29, 0.717) is 27.5 Å². The van der Waals surface area contributed by atoms with Crippen LogP contribution in [-0.2, 0) is 4.74 Å². The van der Waals surface area contributed by atoms with Gasteiger partial charge < -0.3 is 15.4 Å². The third-order valence-corrected chi connectivity index (χ3v) is 4.32. The summed E-state index contributed by atoms with van der Waals surface area (Å²) in [5.41, 5.74) is 0.638. The van der Waals surface area contributed by atoms with E-state index in [9.17, 15) is 0 Å². The Hall–Kier alpha value is -1.60. The molecule has 0 radical (unpaired) electrons. The Labute approximate surface area is 151 Å². The maximum absolute atomic E-state index is 6.17. The van der Waals surface area contributed by atoms with Gasteiger partial charge in [0, 0.05) is 32.4 Å². The number of morpholine rings is 1. The van der Waals surface area contributed by atoms with E-state index >= 15 is 0 Å². The Balaban J connectivity index is 1.57. The summed E-state index contributed by atoms with van der Waals surface area (Å²) in [4.78, 5) is 11.0. The Kier molecular flexibility index (Phi) is 6.09. The molecule has 2 aromatic rings. The normalized spacial score (nSPS) is 15.2. The average Bonchev–Trinajstić information content (AvgIpc) is 2.60. The molecule has 0 spiro atoms. The number of benzene rings is 1. The van der Waals surface area contributed by atoms with Crippen molar-refractivity contribution in [1.29, 1.82) is 0 Å². The van der Waals surface area contributed by atoms with Crippen LogP contribution in [0.3, 0.4) is 0 Å². The maximum Gasteiger partial charge on any atom is 0.224 e. The fourth-order valence-corrected chi connectivity index (χ4v) is 2.90. The topological polar surface area (TPSA) is 62.3 Å². The van der Waals surface area contributed by atoms with Crippen molar-refractivity contribution in [2.75, 3.05) is 50.0 Å². The Morgan fingerprint density at radius 3 is 2.62 bits per heavy atom. The molecule has 1 aromatic heterocycles. The minimum absolute atomic E-state index is 0.544. The first-order chi connectivity index (χ1) is 11.7. The van der Waals surface area contributed by atoms with E-state index in [1.165, 1.54) is 0 Å². The van der Waals surface area contributed by atoms with E-state index in [1.54, 1.807) is 30.5 Å². The van der Waals surface area contributed by atoms with Gasteiger partial charge in [0.25, 0.3) is 0 Å². The lowest BCUT2D eigenvalue weighted by atomic mass is 10.3. The zero-order chi connectivity index (χ0) is 16.8. The number of rotatable bonds is 6. The first kappa shape index (κ1) is 17.2. The Morgan fingerprint density at radius 1 is 1.12 bits per heavy atom. The minimum atomic E-state index is 0.544. The van der Waals surface area contributed by atoms with Crippen molar-refractivity contribution in [3.63, 3.8) is 0 Å². The highest BCUT2D eigenvalue weighted by Crippen LogP contribution is 2.31. The lowest BCUT2D eigenvalue weighted by Gasteiger charge is -2.26. The second-order valence-corrected chi connectivity index (χ2v) is 6.18. The van der Waals surface area contributed by atoms with Crippen LogP contribution in [-0.4, -0.2) is 54.3 Å². The van der Waals surface area contributed by atoms with Crippen LogP contribution in [0.4, 0.5) is 17.5 Å². The monoisotopic (exact) mass is 367 g/mol. The van der Waals surface area contributed by atoms with Crippen LogP contribution in [0.25, 0.3) is 0 Å². The van der Waals surface area contributed by atoms with Gasteiger partial charge in [-0.2, -0.15) is 4.98 Å². The van der Waals surface area contributed by atoms with Crippen molar-refractivity contribution < 1.29 is 4.74 Å². The van der Waals surface area contributed by atoms with Crippen LogP contribution in [0.5, 0.6) is 0 Å². The summed E-state index contributed by atoms with van der Waals surface area (Å²) >= 11 is 12.3. The highest BCUT2D eigenvalue weighted by molar-refractivity contribution is 6.39. The number of anilines is 3. The van der Waals surface area contributed by atoms with Crippen molar-refractivity contribution in [2.45, 2.75) is 0 Å². The molecule has 128 valence electrons. The molecule has 1 aliphatic rings. The first-order valence-corrected chi connectivity index (χ1v) is 8.56. The van der Waals surface area contributed by atoms with Gasteiger partial charge in [-0.15, -0.1) is 0 Å². The summed E-state index contributed by atoms with van der Waals surface area (Å²) in [6, 6.07) is 7.12. The predicted octanol–water partition coefficient (Wildman–Crippen LogP) is 3.27. The van der Waals surface area contributed by atoms with Crippen molar-refractivity contribution >= 4 is 40.7 Å². The van der Waals surface area contributed by atoms with E-state index in [-0.39, 0.29) is 0 Å². The van der Waals surface area contributed by atoms with Crippen LogP contribution in [0.15, 0.2) is 30.5 Å². The van der Waals surface area contributed by atoms with E-state index in [0.717, 1.165) is 39.4 Å². The SMILES string of the molecule is Clc1cccc(Cl)c1Nc1ccnc(NCCN2CCOCC2)n1. The third-order valence-electron chi connectivity index (χ3n) is 3.69. The van der Waals surface area contributed by atoms with E-state index in [2.05, 4.69) is 25.5 Å². The number of halogens is 2. The lowest BCUT2D eigenvalue weighted by Crippen LogP contribution is -2.39. The molecule has 6 nitrogen and oxygen atoms in total. The number of para-hydroxylation sites is 1. The summed E-state index contributed by atoms with van der Waals surface area (Å²) in [6.45, 7) is 5.24. The Bertz CT molecular complexity index is 659. The number of nitrogens with one attached hydrogen (secondary N) is 2. The molecule has 8 heteroatoms. The molecule has 24 heavy (non-hydrogen) atoms. The van der Waals surface area contributed by atoms with Crippen LogP contribution < -0.4 is 10.6 Å². The average molecular weight is 368 g/mol. The first-order valence-electron chi connectivity index (χ1n) is 7.80. The van der Waals surface area contributed by atoms with Gasteiger partial charge in [-0.25, -0.2) is 4.98 Å². The largest absolute Gasteiger partial charge is 0.379 e. The van der Waals surface area contributed by atoms with Gasteiger partial charge >= 0.3 is 0 Å². The van der Waals surface area contributed by atoms with Gasteiger partial charge in [-0.05, 0) is 18.2 Å². The van der Waals surface area contributed by atoms with Crippen molar-refractivity contribution in [3.8, 4) is 0 Å². The number of hydrogen-bond acceptors (Lipinski definition) is 6. The molecule has 1 aliphatic heterocycles. The minimum Gasteiger partial charge on any atom is -0.379 e. The number of aromatic nitrogens is 2. The van der Waals surface area contributed by atoms with Gasteiger partial charge in [0.2, 0.25) is 5.95 Å². The predicted molar refractivity (Wildman–Crippen MR) is 97.5 cm³/mol. The van der Waals surface area contributed by atoms with Crippen LogP contribution in [0.1, 0.15) is 0 Å². The van der Waals surface area contributed by atoms with Crippen LogP contribution in [0.2, 0.25) is 10.0 Å².